The van der Waals surface area contributed by atoms with Gasteiger partial charge in [-0.15, -0.1) is 0 Å². The molecule has 0 aromatic heterocycles. The van der Waals surface area contributed by atoms with E-state index in [1.807, 2.05) is 36.1 Å². The van der Waals surface area contributed by atoms with Crippen LogP contribution in [0.1, 0.15) is 25.0 Å². The molecule has 0 saturated carbocycles. The zero-order valence-electron chi connectivity index (χ0n) is 11.7. The molecule has 2 rings (SSSR count). The van der Waals surface area contributed by atoms with Crippen LogP contribution in [0, 0.1) is 5.92 Å². The van der Waals surface area contributed by atoms with E-state index in [0.717, 1.165) is 10.0 Å². The predicted molar refractivity (Wildman–Crippen MR) is 82.3 cm³/mol. The van der Waals surface area contributed by atoms with Crippen LogP contribution in [0.3, 0.4) is 0 Å². The van der Waals surface area contributed by atoms with Crippen LogP contribution in [-0.4, -0.2) is 37.0 Å². The Morgan fingerprint density at radius 3 is 3.00 bits per heavy atom. The van der Waals surface area contributed by atoms with Gasteiger partial charge in [-0.05, 0) is 24.1 Å². The smallest absolute Gasteiger partial charge is 0.223 e. The van der Waals surface area contributed by atoms with Gasteiger partial charge < -0.3 is 15.4 Å². The van der Waals surface area contributed by atoms with E-state index in [0.29, 0.717) is 32.7 Å². The highest BCUT2D eigenvalue weighted by Gasteiger charge is 2.26. The van der Waals surface area contributed by atoms with Gasteiger partial charge in [-0.1, -0.05) is 41.1 Å². The molecule has 1 aromatic rings. The molecule has 2 N–H and O–H groups in total. The Hall–Kier alpha value is -0.910. The number of carbonyl (C=O) groups is 1. The molecule has 1 saturated heterocycles. The third-order valence-corrected chi connectivity index (χ3v) is 4.32. The molecule has 1 aliphatic rings. The van der Waals surface area contributed by atoms with Gasteiger partial charge in [-0.2, -0.15) is 0 Å². The van der Waals surface area contributed by atoms with Gasteiger partial charge in [0.15, 0.2) is 0 Å². The number of amides is 1. The van der Waals surface area contributed by atoms with Crippen LogP contribution in [0.4, 0.5) is 0 Å². The lowest BCUT2D eigenvalue weighted by Crippen LogP contribution is -2.43. The maximum atomic E-state index is 12.2. The molecule has 0 radical (unpaired) electrons. The molecule has 2 atom stereocenters. The molecule has 5 heteroatoms. The second kappa shape index (κ2) is 7.20. The van der Waals surface area contributed by atoms with E-state index < -0.39 is 0 Å². The average Bonchev–Trinajstić information content (AvgIpc) is 2.47. The summed E-state index contributed by atoms with van der Waals surface area (Å²) < 4.78 is 6.83. The standard InChI is InChI=1S/C15H21BrN2O2/c1-11(9-17)8-15(19)18-6-7-20-14(10-18)12-4-2-3-5-13(12)16/h2-5,11,14H,6-10,17H2,1H3/t11-,14-/m1/s1. The fourth-order valence-electron chi connectivity index (χ4n) is 2.31. The largest absolute Gasteiger partial charge is 0.370 e. The Labute approximate surface area is 128 Å². The predicted octanol–water partition coefficient (Wildman–Crippen LogP) is 2.33. The van der Waals surface area contributed by atoms with Crippen molar-refractivity contribution in [2.45, 2.75) is 19.4 Å². The summed E-state index contributed by atoms with van der Waals surface area (Å²) in [6.45, 7) is 4.40. The Morgan fingerprint density at radius 1 is 1.55 bits per heavy atom. The summed E-state index contributed by atoms with van der Waals surface area (Å²) in [5, 5.41) is 0. The highest BCUT2D eigenvalue weighted by atomic mass is 79.9. The third kappa shape index (κ3) is 3.81. The first-order chi connectivity index (χ1) is 9.61. The Balaban J connectivity index is 2.02. The summed E-state index contributed by atoms with van der Waals surface area (Å²) in [5.74, 6) is 0.399. The Kier molecular flexibility index (Phi) is 5.57. The molecule has 1 aliphatic heterocycles. The van der Waals surface area contributed by atoms with E-state index >= 15 is 0 Å². The number of nitrogens with two attached hydrogens (primary N) is 1. The lowest BCUT2D eigenvalue weighted by Gasteiger charge is -2.34. The van der Waals surface area contributed by atoms with Crippen molar-refractivity contribution >= 4 is 21.8 Å². The van der Waals surface area contributed by atoms with Crippen LogP contribution < -0.4 is 5.73 Å². The van der Waals surface area contributed by atoms with Crippen molar-refractivity contribution in [2.75, 3.05) is 26.2 Å². The second-order valence-corrected chi connectivity index (χ2v) is 6.12. The van der Waals surface area contributed by atoms with Crippen LogP contribution >= 0.6 is 15.9 Å². The van der Waals surface area contributed by atoms with Crippen molar-refractivity contribution in [1.82, 2.24) is 4.90 Å². The first-order valence-electron chi connectivity index (χ1n) is 6.95. The minimum Gasteiger partial charge on any atom is -0.370 e. The molecule has 20 heavy (non-hydrogen) atoms. The number of hydrogen-bond acceptors (Lipinski definition) is 3. The van der Waals surface area contributed by atoms with Crippen molar-refractivity contribution in [1.29, 1.82) is 0 Å². The number of rotatable bonds is 4. The van der Waals surface area contributed by atoms with Gasteiger partial charge in [0.25, 0.3) is 0 Å². The van der Waals surface area contributed by atoms with Crippen molar-refractivity contribution in [3.8, 4) is 0 Å². The molecule has 0 spiro atoms. The average molecular weight is 341 g/mol. The van der Waals surface area contributed by atoms with Crippen LogP contribution in [0.15, 0.2) is 28.7 Å². The van der Waals surface area contributed by atoms with Gasteiger partial charge >= 0.3 is 0 Å². The molecular formula is C15H21BrN2O2. The van der Waals surface area contributed by atoms with Gasteiger partial charge in [0.1, 0.15) is 6.10 Å². The van der Waals surface area contributed by atoms with Gasteiger partial charge in [-0.25, -0.2) is 0 Å². The van der Waals surface area contributed by atoms with E-state index in [4.69, 9.17) is 10.5 Å². The Bertz CT molecular complexity index is 467. The van der Waals surface area contributed by atoms with E-state index in [2.05, 4.69) is 15.9 Å². The highest BCUT2D eigenvalue weighted by molar-refractivity contribution is 9.10. The molecule has 0 aliphatic carbocycles. The lowest BCUT2D eigenvalue weighted by molar-refractivity contribution is -0.139. The van der Waals surface area contributed by atoms with Crippen molar-refractivity contribution in [3.63, 3.8) is 0 Å². The minimum absolute atomic E-state index is 0.0588. The second-order valence-electron chi connectivity index (χ2n) is 5.27. The van der Waals surface area contributed by atoms with Crippen molar-refractivity contribution < 1.29 is 9.53 Å². The summed E-state index contributed by atoms with van der Waals surface area (Å²) in [6.07, 6.45) is 0.454. The van der Waals surface area contributed by atoms with E-state index in [1.165, 1.54) is 0 Å². The van der Waals surface area contributed by atoms with Crippen LogP contribution in [0.25, 0.3) is 0 Å². The molecular weight excluding hydrogens is 320 g/mol. The molecule has 1 fully saturated rings. The summed E-state index contributed by atoms with van der Waals surface area (Å²) >= 11 is 3.54. The molecule has 1 aromatic carbocycles. The van der Waals surface area contributed by atoms with E-state index in [-0.39, 0.29) is 17.9 Å². The number of morpholine rings is 1. The van der Waals surface area contributed by atoms with E-state index in [9.17, 15) is 4.79 Å². The van der Waals surface area contributed by atoms with Gasteiger partial charge in [0.05, 0.1) is 13.2 Å². The number of carbonyl (C=O) groups excluding carboxylic acids is 1. The molecule has 4 nitrogen and oxygen atoms in total. The number of benzene rings is 1. The minimum atomic E-state index is -0.0588. The normalized spacial score (nSPS) is 20.8. The Morgan fingerprint density at radius 2 is 2.30 bits per heavy atom. The van der Waals surface area contributed by atoms with Gasteiger partial charge in [-0.3, -0.25) is 4.79 Å². The van der Waals surface area contributed by atoms with Crippen LogP contribution in [-0.2, 0) is 9.53 Å². The fourth-order valence-corrected chi connectivity index (χ4v) is 2.85. The maximum Gasteiger partial charge on any atom is 0.223 e. The van der Waals surface area contributed by atoms with Crippen LogP contribution in [0.5, 0.6) is 0 Å². The SMILES string of the molecule is C[C@@H](CN)CC(=O)N1CCO[C@@H](c2ccccc2Br)C1. The lowest BCUT2D eigenvalue weighted by atomic mass is 10.1. The van der Waals surface area contributed by atoms with Crippen LogP contribution in [0.2, 0.25) is 0 Å². The maximum absolute atomic E-state index is 12.2. The summed E-state index contributed by atoms with van der Waals surface area (Å²) in [5.41, 5.74) is 6.68. The highest BCUT2D eigenvalue weighted by Crippen LogP contribution is 2.28. The number of nitrogens with zero attached hydrogens (tertiary/aromatic N) is 1. The molecule has 110 valence electrons. The number of halogens is 1. The summed E-state index contributed by atoms with van der Waals surface area (Å²) in [4.78, 5) is 14.1. The van der Waals surface area contributed by atoms with E-state index in [1.54, 1.807) is 0 Å². The third-order valence-electron chi connectivity index (χ3n) is 3.60. The molecule has 0 bridgehead atoms. The van der Waals surface area contributed by atoms with Gasteiger partial charge in [0, 0.05) is 17.4 Å². The summed E-state index contributed by atoms with van der Waals surface area (Å²) in [7, 11) is 0. The zero-order valence-corrected chi connectivity index (χ0v) is 13.3. The van der Waals surface area contributed by atoms with Crippen molar-refractivity contribution in [2.24, 2.45) is 11.7 Å². The fraction of sp³-hybridized carbons (Fsp3) is 0.533. The monoisotopic (exact) mass is 340 g/mol. The quantitative estimate of drug-likeness (QED) is 0.915. The number of ether oxygens (including phenoxy) is 1. The molecule has 0 unspecified atom stereocenters. The summed E-state index contributed by atoms with van der Waals surface area (Å²) in [6, 6.07) is 7.99. The first-order valence-corrected chi connectivity index (χ1v) is 7.75. The van der Waals surface area contributed by atoms with Crippen molar-refractivity contribution in [3.05, 3.63) is 34.3 Å². The zero-order chi connectivity index (χ0) is 14.5. The topological polar surface area (TPSA) is 55.6 Å². The molecule has 1 heterocycles. The number of hydrogen-bond donors (Lipinski definition) is 1. The molecule has 1 amide bonds. The first kappa shape index (κ1) is 15.5. The van der Waals surface area contributed by atoms with Gasteiger partial charge in [0.2, 0.25) is 5.91 Å².